The highest BCUT2D eigenvalue weighted by Gasteiger charge is 2.35. The van der Waals surface area contributed by atoms with Crippen LogP contribution < -0.4 is 5.32 Å². The van der Waals surface area contributed by atoms with Gasteiger partial charge in [-0.05, 0) is 42.5 Å². The van der Waals surface area contributed by atoms with Crippen LogP contribution in [-0.4, -0.2) is 20.8 Å². The lowest BCUT2D eigenvalue weighted by atomic mass is 10.1. The summed E-state index contributed by atoms with van der Waals surface area (Å²) in [6.45, 7) is 0. The van der Waals surface area contributed by atoms with Crippen LogP contribution in [0, 0.1) is 0 Å². The fraction of sp³-hybridized carbons (Fsp3) is 0.0435. The fourth-order valence-electron chi connectivity index (χ4n) is 3.11. The molecule has 1 aromatic heterocycles. The van der Waals surface area contributed by atoms with Crippen molar-refractivity contribution in [3.63, 3.8) is 0 Å². The number of alkyl halides is 3. The maximum atomic E-state index is 13.3. The van der Waals surface area contributed by atoms with Crippen LogP contribution in [0.4, 0.5) is 18.9 Å². The van der Waals surface area contributed by atoms with Gasteiger partial charge >= 0.3 is 6.18 Å². The summed E-state index contributed by atoms with van der Waals surface area (Å²) in [5.41, 5.74) is 0.526. The summed E-state index contributed by atoms with van der Waals surface area (Å²) >= 11 is 6.18. The Morgan fingerprint density at radius 1 is 0.969 bits per heavy atom. The van der Waals surface area contributed by atoms with E-state index in [1.807, 2.05) is 0 Å². The standard InChI is InChI=1S/C23H15ClF3N3O2/c24-18-6-1-2-7-19(18)30-20(13-21(29-30)23(25,26)27)14-8-10-15(11-9-14)22(32)28-16-4-3-5-17(31)12-16/h1-13,31H,(H,28,32). The molecule has 32 heavy (non-hydrogen) atoms. The van der Waals surface area contributed by atoms with Gasteiger partial charge in [-0.1, -0.05) is 41.9 Å². The fourth-order valence-corrected chi connectivity index (χ4v) is 3.33. The molecule has 0 saturated carbocycles. The lowest BCUT2D eigenvalue weighted by Gasteiger charge is -2.10. The van der Waals surface area contributed by atoms with Crippen molar-refractivity contribution in [1.29, 1.82) is 0 Å². The number of aromatic nitrogens is 2. The zero-order chi connectivity index (χ0) is 22.9. The number of benzene rings is 3. The van der Waals surface area contributed by atoms with Crippen molar-refractivity contribution < 1.29 is 23.1 Å². The van der Waals surface area contributed by atoms with E-state index in [9.17, 15) is 23.1 Å². The van der Waals surface area contributed by atoms with Gasteiger partial charge in [0.05, 0.1) is 16.4 Å². The molecule has 4 aromatic rings. The number of nitrogens with zero attached hydrogens (tertiary/aromatic N) is 2. The molecule has 0 fully saturated rings. The molecule has 0 aliphatic carbocycles. The van der Waals surface area contributed by atoms with Crippen LogP contribution in [0.1, 0.15) is 16.1 Å². The van der Waals surface area contributed by atoms with Gasteiger partial charge in [0.25, 0.3) is 5.91 Å². The summed E-state index contributed by atoms with van der Waals surface area (Å²) < 4.78 is 41.1. The van der Waals surface area contributed by atoms with Crippen molar-refractivity contribution in [2.24, 2.45) is 0 Å². The van der Waals surface area contributed by atoms with Crippen LogP contribution in [0.15, 0.2) is 78.9 Å². The van der Waals surface area contributed by atoms with E-state index in [4.69, 9.17) is 11.6 Å². The van der Waals surface area contributed by atoms with E-state index in [0.717, 1.165) is 10.7 Å². The summed E-state index contributed by atoms with van der Waals surface area (Å²) in [4.78, 5) is 12.5. The minimum Gasteiger partial charge on any atom is -0.508 e. The highest BCUT2D eigenvalue weighted by molar-refractivity contribution is 6.32. The largest absolute Gasteiger partial charge is 0.508 e. The molecule has 0 spiro atoms. The quantitative estimate of drug-likeness (QED) is 0.385. The average Bonchev–Trinajstić information content (AvgIpc) is 3.20. The number of anilines is 1. The predicted molar refractivity (Wildman–Crippen MR) is 115 cm³/mol. The molecular weight excluding hydrogens is 443 g/mol. The van der Waals surface area contributed by atoms with Gasteiger partial charge in [0.2, 0.25) is 0 Å². The average molecular weight is 458 g/mol. The first kappa shape index (κ1) is 21.5. The number of carbonyl (C=O) groups is 1. The molecule has 0 unspecified atom stereocenters. The third-order valence-electron chi connectivity index (χ3n) is 4.63. The molecule has 0 aliphatic heterocycles. The van der Waals surface area contributed by atoms with Crippen molar-refractivity contribution in [1.82, 2.24) is 9.78 Å². The SMILES string of the molecule is O=C(Nc1cccc(O)c1)c1ccc(-c2cc(C(F)(F)F)nn2-c2ccccc2Cl)cc1. The lowest BCUT2D eigenvalue weighted by Crippen LogP contribution is -2.11. The second kappa shape index (κ2) is 8.39. The van der Waals surface area contributed by atoms with Gasteiger partial charge in [0, 0.05) is 22.9 Å². The molecule has 5 nitrogen and oxygen atoms in total. The van der Waals surface area contributed by atoms with E-state index < -0.39 is 17.8 Å². The Labute approximate surface area is 185 Å². The number of hydrogen-bond acceptors (Lipinski definition) is 3. The van der Waals surface area contributed by atoms with Crippen LogP contribution in [0.25, 0.3) is 16.9 Å². The topological polar surface area (TPSA) is 67.2 Å². The Balaban J connectivity index is 1.68. The number of carbonyl (C=O) groups excluding carboxylic acids is 1. The highest BCUT2D eigenvalue weighted by atomic mass is 35.5. The molecule has 0 radical (unpaired) electrons. The summed E-state index contributed by atoms with van der Waals surface area (Å²) in [6, 6.07) is 19.5. The van der Waals surface area contributed by atoms with E-state index in [2.05, 4.69) is 10.4 Å². The highest BCUT2D eigenvalue weighted by Crippen LogP contribution is 2.34. The third kappa shape index (κ3) is 4.45. The van der Waals surface area contributed by atoms with Crippen LogP contribution in [-0.2, 0) is 6.18 Å². The van der Waals surface area contributed by atoms with Crippen LogP contribution in [0.3, 0.4) is 0 Å². The molecule has 1 heterocycles. The number of phenolic OH excluding ortho intramolecular Hbond substituents is 1. The smallest absolute Gasteiger partial charge is 0.435 e. The summed E-state index contributed by atoms with van der Waals surface area (Å²) in [6.07, 6.45) is -4.64. The van der Waals surface area contributed by atoms with Gasteiger partial charge in [0.1, 0.15) is 5.75 Å². The zero-order valence-corrected chi connectivity index (χ0v) is 17.0. The van der Waals surface area contributed by atoms with Gasteiger partial charge in [-0.25, -0.2) is 4.68 Å². The molecule has 0 aliphatic rings. The van der Waals surface area contributed by atoms with Crippen molar-refractivity contribution >= 4 is 23.2 Å². The number of phenols is 1. The molecule has 0 atom stereocenters. The molecular formula is C23H15ClF3N3O2. The normalized spacial score (nSPS) is 11.4. The van der Waals surface area contributed by atoms with Gasteiger partial charge in [0.15, 0.2) is 5.69 Å². The van der Waals surface area contributed by atoms with Crippen molar-refractivity contribution in [2.75, 3.05) is 5.32 Å². The monoisotopic (exact) mass is 457 g/mol. The van der Waals surface area contributed by atoms with E-state index in [-0.39, 0.29) is 22.0 Å². The first-order chi connectivity index (χ1) is 15.2. The molecule has 162 valence electrons. The summed E-state index contributed by atoms with van der Waals surface area (Å²) in [5.74, 6) is -0.427. The summed E-state index contributed by atoms with van der Waals surface area (Å²) in [5, 5.41) is 16.1. The van der Waals surface area contributed by atoms with Crippen molar-refractivity contribution in [3.05, 3.63) is 95.1 Å². The van der Waals surface area contributed by atoms with Crippen molar-refractivity contribution in [2.45, 2.75) is 6.18 Å². The first-order valence-corrected chi connectivity index (χ1v) is 9.73. The van der Waals surface area contributed by atoms with Gasteiger partial charge in [-0.15, -0.1) is 0 Å². The predicted octanol–water partition coefficient (Wildman–Crippen LogP) is 6.17. The van der Waals surface area contributed by atoms with Crippen LogP contribution in [0.2, 0.25) is 5.02 Å². The molecule has 4 rings (SSSR count). The van der Waals surface area contributed by atoms with Crippen LogP contribution in [0.5, 0.6) is 5.75 Å². The van der Waals surface area contributed by atoms with Crippen LogP contribution >= 0.6 is 11.6 Å². The van der Waals surface area contributed by atoms with E-state index in [1.165, 1.54) is 36.4 Å². The number of aromatic hydroxyl groups is 1. The maximum absolute atomic E-state index is 13.3. The molecule has 0 bridgehead atoms. The molecule has 9 heteroatoms. The second-order valence-electron chi connectivity index (χ2n) is 6.86. The number of hydrogen-bond donors (Lipinski definition) is 2. The Bertz CT molecular complexity index is 1280. The van der Waals surface area contributed by atoms with E-state index >= 15 is 0 Å². The number of rotatable bonds is 4. The maximum Gasteiger partial charge on any atom is 0.435 e. The van der Waals surface area contributed by atoms with E-state index in [0.29, 0.717) is 16.9 Å². The Hall–Kier alpha value is -3.78. The number of halogens is 4. The molecule has 0 saturated heterocycles. The lowest BCUT2D eigenvalue weighted by molar-refractivity contribution is -0.141. The second-order valence-corrected chi connectivity index (χ2v) is 7.26. The third-order valence-corrected chi connectivity index (χ3v) is 4.95. The number of amides is 1. The Morgan fingerprint density at radius 3 is 2.34 bits per heavy atom. The number of nitrogens with one attached hydrogen (secondary N) is 1. The Morgan fingerprint density at radius 2 is 1.69 bits per heavy atom. The molecule has 1 amide bonds. The van der Waals surface area contributed by atoms with Gasteiger partial charge < -0.3 is 10.4 Å². The van der Waals surface area contributed by atoms with Crippen molar-refractivity contribution in [3.8, 4) is 22.7 Å². The van der Waals surface area contributed by atoms with Gasteiger partial charge in [-0.2, -0.15) is 18.3 Å². The minimum atomic E-state index is -4.64. The zero-order valence-electron chi connectivity index (χ0n) is 16.3. The van der Waals surface area contributed by atoms with Gasteiger partial charge in [-0.3, -0.25) is 4.79 Å². The molecule has 3 aromatic carbocycles. The Kier molecular flexibility index (Phi) is 5.63. The van der Waals surface area contributed by atoms with E-state index in [1.54, 1.807) is 36.4 Å². The minimum absolute atomic E-state index is 0.00597. The number of para-hydroxylation sites is 1. The summed E-state index contributed by atoms with van der Waals surface area (Å²) in [7, 11) is 0. The first-order valence-electron chi connectivity index (χ1n) is 9.35. The molecule has 2 N–H and O–H groups in total.